The SMILES string of the molecule is CCn1nc2c(cc1=O)CN(CC(CN)c1ccc(OC)cc1)CC2. The van der Waals surface area contributed by atoms with Gasteiger partial charge >= 0.3 is 0 Å². The molecule has 0 radical (unpaired) electrons. The van der Waals surface area contributed by atoms with Gasteiger partial charge in [0.15, 0.2) is 0 Å². The van der Waals surface area contributed by atoms with Crippen LogP contribution in [0.3, 0.4) is 0 Å². The van der Waals surface area contributed by atoms with Crippen LogP contribution in [-0.2, 0) is 19.5 Å². The molecule has 0 saturated carbocycles. The number of aromatic nitrogens is 2. The molecule has 1 unspecified atom stereocenters. The average molecular weight is 342 g/mol. The van der Waals surface area contributed by atoms with Gasteiger partial charge in [0.2, 0.25) is 0 Å². The summed E-state index contributed by atoms with van der Waals surface area (Å²) in [4.78, 5) is 14.4. The number of aryl methyl sites for hydroxylation is 1. The lowest BCUT2D eigenvalue weighted by molar-refractivity contribution is 0.234. The van der Waals surface area contributed by atoms with E-state index in [2.05, 4.69) is 22.1 Å². The maximum atomic E-state index is 12.0. The van der Waals surface area contributed by atoms with Crippen LogP contribution >= 0.6 is 0 Å². The summed E-state index contributed by atoms with van der Waals surface area (Å²) in [6.07, 6.45) is 0.871. The molecule has 1 aliphatic rings. The number of rotatable bonds is 6. The molecule has 2 N–H and O–H groups in total. The highest BCUT2D eigenvalue weighted by atomic mass is 16.5. The fraction of sp³-hybridized carbons (Fsp3) is 0.474. The molecule has 2 aromatic rings. The smallest absolute Gasteiger partial charge is 0.267 e. The Morgan fingerprint density at radius 2 is 2.08 bits per heavy atom. The molecule has 3 rings (SSSR count). The molecule has 25 heavy (non-hydrogen) atoms. The topological polar surface area (TPSA) is 73.4 Å². The van der Waals surface area contributed by atoms with E-state index in [0.29, 0.717) is 13.1 Å². The van der Waals surface area contributed by atoms with Gasteiger partial charge in [-0.3, -0.25) is 9.69 Å². The molecule has 0 saturated heterocycles. The first-order valence-electron chi connectivity index (χ1n) is 8.80. The largest absolute Gasteiger partial charge is 0.497 e. The number of methoxy groups -OCH3 is 1. The molecule has 134 valence electrons. The minimum Gasteiger partial charge on any atom is -0.497 e. The fourth-order valence-corrected chi connectivity index (χ4v) is 3.38. The van der Waals surface area contributed by atoms with Crippen LogP contribution in [0.2, 0.25) is 0 Å². The Labute approximate surface area is 148 Å². The zero-order chi connectivity index (χ0) is 17.8. The molecule has 0 fully saturated rings. The Kier molecular flexibility index (Phi) is 5.50. The van der Waals surface area contributed by atoms with Crippen LogP contribution in [0.4, 0.5) is 0 Å². The number of hydrogen-bond acceptors (Lipinski definition) is 5. The minimum atomic E-state index is -0.0198. The first-order valence-corrected chi connectivity index (χ1v) is 8.80. The Morgan fingerprint density at radius 3 is 2.72 bits per heavy atom. The van der Waals surface area contributed by atoms with Crippen molar-refractivity contribution in [3.63, 3.8) is 0 Å². The fourth-order valence-electron chi connectivity index (χ4n) is 3.38. The lowest BCUT2D eigenvalue weighted by Gasteiger charge is -2.31. The van der Waals surface area contributed by atoms with Gasteiger partial charge in [-0.2, -0.15) is 5.10 Å². The molecule has 0 spiro atoms. The Balaban J connectivity index is 1.72. The van der Waals surface area contributed by atoms with E-state index in [4.69, 9.17) is 10.5 Å². The van der Waals surface area contributed by atoms with E-state index in [1.54, 1.807) is 13.2 Å². The van der Waals surface area contributed by atoms with E-state index in [9.17, 15) is 4.79 Å². The zero-order valence-electron chi connectivity index (χ0n) is 14.9. The summed E-state index contributed by atoms with van der Waals surface area (Å²) in [6, 6.07) is 9.84. The van der Waals surface area contributed by atoms with Crippen LogP contribution in [0.1, 0.15) is 29.7 Å². The van der Waals surface area contributed by atoms with E-state index in [1.807, 2.05) is 19.1 Å². The Hall–Kier alpha value is -2.18. The first-order chi connectivity index (χ1) is 12.1. The Morgan fingerprint density at radius 1 is 1.32 bits per heavy atom. The second kappa shape index (κ2) is 7.80. The van der Waals surface area contributed by atoms with Gasteiger partial charge in [-0.05, 0) is 30.2 Å². The van der Waals surface area contributed by atoms with Gasteiger partial charge in [0.05, 0.1) is 12.8 Å². The number of nitrogens with zero attached hydrogens (tertiary/aromatic N) is 3. The molecule has 0 aliphatic carbocycles. The summed E-state index contributed by atoms with van der Waals surface area (Å²) < 4.78 is 6.76. The summed E-state index contributed by atoms with van der Waals surface area (Å²) in [5.74, 6) is 1.11. The van der Waals surface area contributed by atoms with Crippen molar-refractivity contribution >= 4 is 0 Å². The molecular formula is C19H26N4O2. The van der Waals surface area contributed by atoms with Crippen molar-refractivity contribution in [2.24, 2.45) is 5.73 Å². The van der Waals surface area contributed by atoms with Gasteiger partial charge in [-0.15, -0.1) is 0 Å². The van der Waals surface area contributed by atoms with Crippen LogP contribution in [0, 0.1) is 0 Å². The van der Waals surface area contributed by atoms with Gasteiger partial charge < -0.3 is 10.5 Å². The number of hydrogen-bond donors (Lipinski definition) is 1. The highest BCUT2D eigenvalue weighted by Gasteiger charge is 2.22. The molecule has 6 nitrogen and oxygen atoms in total. The Bertz CT molecular complexity index is 770. The van der Waals surface area contributed by atoms with E-state index in [-0.39, 0.29) is 11.5 Å². The van der Waals surface area contributed by atoms with Crippen molar-refractivity contribution in [2.45, 2.75) is 32.4 Å². The maximum absolute atomic E-state index is 12.0. The number of ether oxygens (including phenoxy) is 1. The van der Waals surface area contributed by atoms with Crippen LogP contribution < -0.4 is 16.0 Å². The van der Waals surface area contributed by atoms with Crippen LogP contribution in [-0.4, -0.2) is 41.4 Å². The normalized spacial score (nSPS) is 15.6. The van der Waals surface area contributed by atoms with Gasteiger partial charge in [0.25, 0.3) is 5.56 Å². The molecule has 6 heteroatoms. The third-order valence-corrected chi connectivity index (χ3v) is 4.87. The lowest BCUT2D eigenvalue weighted by Crippen LogP contribution is -2.38. The van der Waals surface area contributed by atoms with Gasteiger partial charge in [0.1, 0.15) is 5.75 Å². The van der Waals surface area contributed by atoms with Crippen molar-refractivity contribution in [3.8, 4) is 5.75 Å². The van der Waals surface area contributed by atoms with Crippen LogP contribution in [0.15, 0.2) is 35.1 Å². The van der Waals surface area contributed by atoms with Gasteiger partial charge in [-0.1, -0.05) is 12.1 Å². The predicted molar refractivity (Wildman–Crippen MR) is 97.9 cm³/mol. The van der Waals surface area contributed by atoms with Crippen molar-refractivity contribution < 1.29 is 4.74 Å². The average Bonchev–Trinajstić information content (AvgIpc) is 2.65. The van der Waals surface area contributed by atoms with E-state index < -0.39 is 0 Å². The zero-order valence-corrected chi connectivity index (χ0v) is 14.9. The lowest BCUT2D eigenvalue weighted by atomic mass is 9.97. The van der Waals surface area contributed by atoms with E-state index in [1.165, 1.54) is 10.2 Å². The predicted octanol–water partition coefficient (Wildman–Crippen LogP) is 1.37. The molecular weight excluding hydrogens is 316 g/mol. The summed E-state index contributed by atoms with van der Waals surface area (Å²) in [5, 5.41) is 4.48. The van der Waals surface area contributed by atoms with Crippen molar-refractivity contribution in [1.29, 1.82) is 0 Å². The first kappa shape index (κ1) is 17.6. The molecule has 1 atom stereocenters. The maximum Gasteiger partial charge on any atom is 0.267 e. The quantitative estimate of drug-likeness (QED) is 0.858. The van der Waals surface area contributed by atoms with Crippen LogP contribution in [0.25, 0.3) is 0 Å². The van der Waals surface area contributed by atoms with Crippen molar-refractivity contribution in [2.75, 3.05) is 26.7 Å². The third kappa shape index (κ3) is 3.91. The number of nitrogens with two attached hydrogens (primary N) is 1. The van der Waals surface area contributed by atoms with E-state index >= 15 is 0 Å². The minimum absolute atomic E-state index is 0.0198. The summed E-state index contributed by atoms with van der Waals surface area (Å²) in [5.41, 5.74) is 9.32. The number of benzene rings is 1. The highest BCUT2D eigenvalue weighted by molar-refractivity contribution is 5.30. The van der Waals surface area contributed by atoms with Crippen molar-refractivity contribution in [3.05, 3.63) is 57.5 Å². The summed E-state index contributed by atoms with van der Waals surface area (Å²) >= 11 is 0. The van der Waals surface area contributed by atoms with Gasteiger partial charge in [-0.25, -0.2) is 4.68 Å². The summed E-state index contributed by atoms with van der Waals surface area (Å²) in [7, 11) is 1.67. The second-order valence-corrected chi connectivity index (χ2v) is 6.46. The molecule has 1 aromatic heterocycles. The molecule has 1 aromatic carbocycles. The van der Waals surface area contributed by atoms with Crippen molar-refractivity contribution in [1.82, 2.24) is 14.7 Å². The molecule has 1 aliphatic heterocycles. The number of fused-ring (bicyclic) bond motifs is 1. The summed E-state index contributed by atoms with van der Waals surface area (Å²) in [6.45, 7) is 5.72. The molecule has 0 bridgehead atoms. The second-order valence-electron chi connectivity index (χ2n) is 6.46. The molecule has 2 heterocycles. The monoisotopic (exact) mass is 342 g/mol. The highest BCUT2D eigenvalue weighted by Crippen LogP contribution is 2.23. The molecule has 0 amide bonds. The van der Waals surface area contributed by atoms with Crippen LogP contribution in [0.5, 0.6) is 5.75 Å². The van der Waals surface area contributed by atoms with Gasteiger partial charge in [0, 0.05) is 51.1 Å². The third-order valence-electron chi connectivity index (χ3n) is 4.87. The standard InChI is InChI=1S/C19H26N4O2/c1-3-23-19(24)10-15-12-22(9-8-18(15)21-23)13-16(11-20)14-4-6-17(25-2)7-5-14/h4-7,10,16H,3,8-9,11-13,20H2,1-2H3. The van der Waals surface area contributed by atoms with E-state index in [0.717, 1.165) is 43.1 Å².